The molecule has 0 spiro atoms. The molecule has 2 heterocycles. The predicted octanol–water partition coefficient (Wildman–Crippen LogP) is 2.67. The highest BCUT2D eigenvalue weighted by atomic mass is 32.2. The minimum Gasteiger partial charge on any atom is -0.455 e. The Hall–Kier alpha value is -2.74. The van der Waals surface area contributed by atoms with Gasteiger partial charge in [-0.3, -0.25) is 14.4 Å². The van der Waals surface area contributed by atoms with E-state index in [0.29, 0.717) is 36.5 Å². The van der Waals surface area contributed by atoms with Gasteiger partial charge in [0.15, 0.2) is 5.76 Å². The number of thioether (sulfide) groups is 1. The standard InChI is InChI=1S/C20H23N3O4S/c1-13-4-5-14(20(26)23-9-3-8-21-18(24)11-23)10-16(13)22-19(25)17-7-6-15(27-17)12-28-2/h4-7,10H,3,8-9,11-12H2,1-2H3,(H,21,24)(H,22,25). The summed E-state index contributed by atoms with van der Waals surface area (Å²) in [5.74, 6) is 0.897. The highest BCUT2D eigenvalue weighted by Crippen LogP contribution is 2.21. The number of hydrogen-bond donors (Lipinski definition) is 2. The zero-order valence-electron chi connectivity index (χ0n) is 15.9. The van der Waals surface area contributed by atoms with Gasteiger partial charge in [0, 0.05) is 24.3 Å². The van der Waals surface area contributed by atoms with Crippen LogP contribution in [0.4, 0.5) is 5.69 Å². The number of nitrogens with zero attached hydrogens (tertiary/aromatic N) is 1. The maximum absolute atomic E-state index is 12.8. The van der Waals surface area contributed by atoms with Crippen molar-refractivity contribution in [1.29, 1.82) is 0 Å². The number of nitrogens with one attached hydrogen (secondary N) is 2. The summed E-state index contributed by atoms with van der Waals surface area (Å²) in [4.78, 5) is 38.6. The van der Waals surface area contributed by atoms with E-state index >= 15 is 0 Å². The van der Waals surface area contributed by atoms with Gasteiger partial charge in [-0.2, -0.15) is 11.8 Å². The van der Waals surface area contributed by atoms with Crippen LogP contribution in [0.1, 0.15) is 38.7 Å². The van der Waals surface area contributed by atoms with E-state index in [-0.39, 0.29) is 30.0 Å². The number of rotatable bonds is 5. The van der Waals surface area contributed by atoms with Gasteiger partial charge < -0.3 is 20.0 Å². The molecular weight excluding hydrogens is 378 g/mol. The van der Waals surface area contributed by atoms with Crippen molar-refractivity contribution in [3.05, 3.63) is 53.0 Å². The molecule has 0 bridgehead atoms. The number of hydrogen-bond acceptors (Lipinski definition) is 5. The topological polar surface area (TPSA) is 91.7 Å². The number of aryl methyl sites for hydroxylation is 1. The van der Waals surface area contributed by atoms with Crippen molar-refractivity contribution in [2.75, 3.05) is 31.2 Å². The summed E-state index contributed by atoms with van der Waals surface area (Å²) in [5.41, 5.74) is 1.80. The normalized spacial score (nSPS) is 14.4. The second-order valence-corrected chi connectivity index (χ2v) is 7.48. The molecule has 148 valence electrons. The predicted molar refractivity (Wildman–Crippen MR) is 109 cm³/mol. The van der Waals surface area contributed by atoms with E-state index in [2.05, 4.69) is 10.6 Å². The third kappa shape index (κ3) is 4.75. The van der Waals surface area contributed by atoms with Gasteiger partial charge in [-0.1, -0.05) is 6.07 Å². The summed E-state index contributed by atoms with van der Waals surface area (Å²) in [5, 5.41) is 5.57. The van der Waals surface area contributed by atoms with Crippen LogP contribution in [-0.4, -0.2) is 48.5 Å². The minimum atomic E-state index is -0.366. The summed E-state index contributed by atoms with van der Waals surface area (Å²) < 4.78 is 5.54. The first kappa shape index (κ1) is 20.0. The molecule has 2 aromatic rings. The van der Waals surface area contributed by atoms with Gasteiger partial charge in [0.1, 0.15) is 5.76 Å². The zero-order chi connectivity index (χ0) is 20.1. The maximum atomic E-state index is 12.8. The molecule has 0 atom stereocenters. The molecule has 0 saturated carbocycles. The maximum Gasteiger partial charge on any atom is 0.291 e. The number of benzene rings is 1. The fourth-order valence-electron chi connectivity index (χ4n) is 2.96. The average Bonchev–Trinajstić information content (AvgIpc) is 3.03. The van der Waals surface area contributed by atoms with Crippen LogP contribution in [0.5, 0.6) is 0 Å². The van der Waals surface area contributed by atoms with Crippen molar-refractivity contribution >= 4 is 35.2 Å². The average molecular weight is 401 g/mol. The van der Waals surface area contributed by atoms with Crippen molar-refractivity contribution < 1.29 is 18.8 Å². The molecule has 1 aliphatic rings. The lowest BCUT2D eigenvalue weighted by Gasteiger charge is -2.19. The van der Waals surface area contributed by atoms with Gasteiger partial charge in [-0.25, -0.2) is 0 Å². The Bertz CT molecular complexity index is 893. The van der Waals surface area contributed by atoms with Gasteiger partial charge in [-0.05, 0) is 49.4 Å². The first-order chi connectivity index (χ1) is 13.5. The fraction of sp³-hybridized carbons (Fsp3) is 0.350. The summed E-state index contributed by atoms with van der Waals surface area (Å²) in [6, 6.07) is 8.55. The van der Waals surface area contributed by atoms with Crippen LogP contribution in [0.15, 0.2) is 34.7 Å². The molecule has 28 heavy (non-hydrogen) atoms. The molecule has 3 rings (SSSR count). The van der Waals surface area contributed by atoms with Gasteiger partial charge in [0.2, 0.25) is 5.91 Å². The highest BCUT2D eigenvalue weighted by Gasteiger charge is 2.22. The first-order valence-electron chi connectivity index (χ1n) is 9.03. The number of amides is 3. The molecule has 0 radical (unpaired) electrons. The molecule has 0 unspecified atom stereocenters. The van der Waals surface area contributed by atoms with E-state index in [9.17, 15) is 14.4 Å². The molecule has 7 nitrogen and oxygen atoms in total. The van der Waals surface area contributed by atoms with Gasteiger partial charge in [0.25, 0.3) is 11.8 Å². The Morgan fingerprint density at radius 1 is 1.29 bits per heavy atom. The van der Waals surface area contributed by atoms with Gasteiger partial charge in [-0.15, -0.1) is 0 Å². The smallest absolute Gasteiger partial charge is 0.291 e. The summed E-state index contributed by atoms with van der Waals surface area (Å²) >= 11 is 1.61. The lowest BCUT2D eigenvalue weighted by molar-refractivity contribution is -0.121. The summed E-state index contributed by atoms with van der Waals surface area (Å²) in [6.45, 7) is 2.97. The van der Waals surface area contributed by atoms with Gasteiger partial charge in [0.05, 0.1) is 12.3 Å². The molecule has 1 aliphatic heterocycles. The number of carbonyl (C=O) groups excluding carboxylic acids is 3. The van der Waals surface area contributed by atoms with Crippen LogP contribution in [0, 0.1) is 6.92 Å². The minimum absolute atomic E-state index is 0.0407. The van der Waals surface area contributed by atoms with E-state index in [1.165, 1.54) is 4.90 Å². The zero-order valence-corrected chi connectivity index (χ0v) is 16.7. The lowest BCUT2D eigenvalue weighted by atomic mass is 10.1. The Morgan fingerprint density at radius 2 is 2.11 bits per heavy atom. The van der Waals surface area contributed by atoms with Crippen LogP contribution >= 0.6 is 11.8 Å². The molecule has 1 saturated heterocycles. The second-order valence-electron chi connectivity index (χ2n) is 6.61. The summed E-state index contributed by atoms with van der Waals surface area (Å²) in [7, 11) is 0. The molecule has 3 amide bonds. The largest absolute Gasteiger partial charge is 0.455 e. The van der Waals surface area contributed by atoms with Gasteiger partial charge >= 0.3 is 0 Å². The van der Waals surface area contributed by atoms with E-state index in [1.807, 2.05) is 13.2 Å². The molecule has 8 heteroatoms. The molecule has 1 aromatic heterocycles. The Kier molecular flexibility index (Phi) is 6.41. The number of carbonyl (C=O) groups is 3. The summed E-state index contributed by atoms with van der Waals surface area (Å²) in [6.07, 6.45) is 2.67. The molecular formula is C20H23N3O4S. The van der Waals surface area contributed by atoms with E-state index in [0.717, 1.165) is 11.3 Å². The SMILES string of the molecule is CSCc1ccc(C(=O)Nc2cc(C(=O)N3CCCNC(=O)C3)ccc2C)o1. The van der Waals surface area contributed by atoms with Crippen LogP contribution < -0.4 is 10.6 Å². The van der Waals surface area contributed by atoms with E-state index in [1.54, 1.807) is 42.1 Å². The van der Waals surface area contributed by atoms with Crippen LogP contribution in [0.3, 0.4) is 0 Å². The van der Waals surface area contributed by atoms with Crippen molar-refractivity contribution in [1.82, 2.24) is 10.2 Å². The molecule has 1 aromatic carbocycles. The van der Waals surface area contributed by atoms with E-state index < -0.39 is 0 Å². The van der Waals surface area contributed by atoms with Crippen molar-refractivity contribution in [2.45, 2.75) is 19.1 Å². The molecule has 2 N–H and O–H groups in total. The quantitative estimate of drug-likeness (QED) is 0.804. The molecule has 1 fully saturated rings. The van der Waals surface area contributed by atoms with Crippen LogP contribution in [0.25, 0.3) is 0 Å². The number of anilines is 1. The third-order valence-electron chi connectivity index (χ3n) is 4.45. The fourth-order valence-corrected chi connectivity index (χ4v) is 3.40. The second kappa shape index (κ2) is 8.97. The van der Waals surface area contributed by atoms with E-state index in [4.69, 9.17) is 4.42 Å². The molecule has 0 aliphatic carbocycles. The van der Waals surface area contributed by atoms with Crippen molar-refractivity contribution in [3.63, 3.8) is 0 Å². The van der Waals surface area contributed by atoms with Crippen LogP contribution in [-0.2, 0) is 10.5 Å². The first-order valence-corrected chi connectivity index (χ1v) is 10.4. The number of furan rings is 1. The highest BCUT2D eigenvalue weighted by molar-refractivity contribution is 7.97. The third-order valence-corrected chi connectivity index (χ3v) is 5.03. The Labute approximate surface area is 167 Å². The van der Waals surface area contributed by atoms with Crippen molar-refractivity contribution in [3.8, 4) is 0 Å². The Morgan fingerprint density at radius 3 is 2.89 bits per heavy atom. The Balaban J connectivity index is 1.76. The lowest BCUT2D eigenvalue weighted by Crippen LogP contribution is -2.37. The van der Waals surface area contributed by atoms with Crippen LogP contribution in [0.2, 0.25) is 0 Å². The monoisotopic (exact) mass is 401 g/mol. The van der Waals surface area contributed by atoms with Crippen molar-refractivity contribution in [2.24, 2.45) is 0 Å².